The van der Waals surface area contributed by atoms with Gasteiger partial charge >= 0.3 is 0 Å². The quantitative estimate of drug-likeness (QED) is 0.747. The maximum absolute atomic E-state index is 6.15. The Hall–Kier alpha value is -0.310. The van der Waals surface area contributed by atoms with Crippen LogP contribution >= 0.6 is 22.9 Å². The summed E-state index contributed by atoms with van der Waals surface area (Å²) in [5.41, 5.74) is 3.14. The summed E-state index contributed by atoms with van der Waals surface area (Å²) < 4.78 is 0.952. The van der Waals surface area contributed by atoms with Gasteiger partial charge in [-0.15, -0.1) is 11.3 Å². The van der Waals surface area contributed by atoms with Crippen LogP contribution in [-0.2, 0) is 6.42 Å². The van der Waals surface area contributed by atoms with Gasteiger partial charge in [0.1, 0.15) is 0 Å². The van der Waals surface area contributed by atoms with Crippen molar-refractivity contribution in [1.29, 1.82) is 0 Å². The van der Waals surface area contributed by atoms with Gasteiger partial charge in [-0.2, -0.15) is 0 Å². The zero-order valence-corrected chi connectivity index (χ0v) is 13.0. The van der Waals surface area contributed by atoms with Crippen LogP contribution < -0.4 is 5.32 Å². The fraction of sp³-hybridized carbons (Fsp3) is 0.625. The highest BCUT2D eigenvalue weighted by atomic mass is 35.5. The van der Waals surface area contributed by atoms with Crippen LogP contribution in [0.2, 0.25) is 4.34 Å². The number of halogens is 1. The molecule has 0 fully saturated rings. The van der Waals surface area contributed by atoms with E-state index in [-0.39, 0.29) is 0 Å². The van der Waals surface area contributed by atoms with Crippen molar-refractivity contribution >= 4 is 22.9 Å². The first-order valence-electron chi connectivity index (χ1n) is 7.52. The lowest BCUT2D eigenvalue weighted by Gasteiger charge is -2.24. The second-order valence-electron chi connectivity index (χ2n) is 5.69. The van der Waals surface area contributed by atoms with Crippen LogP contribution in [-0.4, -0.2) is 6.54 Å². The number of thiophene rings is 1. The van der Waals surface area contributed by atoms with Crippen LogP contribution in [0.5, 0.6) is 0 Å². The van der Waals surface area contributed by atoms with Crippen LogP contribution in [0, 0.1) is 0 Å². The first-order valence-corrected chi connectivity index (χ1v) is 8.72. The molecule has 0 spiro atoms. The van der Waals surface area contributed by atoms with Crippen molar-refractivity contribution < 1.29 is 0 Å². The molecule has 0 bridgehead atoms. The lowest BCUT2D eigenvalue weighted by Crippen LogP contribution is -2.25. The van der Waals surface area contributed by atoms with Gasteiger partial charge in [0.05, 0.1) is 4.34 Å². The number of hydrogen-bond acceptors (Lipinski definition) is 2. The van der Waals surface area contributed by atoms with Gasteiger partial charge in [-0.3, -0.25) is 0 Å². The Labute approximate surface area is 125 Å². The fourth-order valence-corrected chi connectivity index (χ4v) is 4.66. The van der Waals surface area contributed by atoms with E-state index in [0.717, 1.165) is 10.9 Å². The van der Waals surface area contributed by atoms with Crippen molar-refractivity contribution in [2.45, 2.75) is 57.4 Å². The number of aryl methyl sites for hydroxylation is 1. The summed E-state index contributed by atoms with van der Waals surface area (Å²) in [5.74, 6) is 0. The monoisotopic (exact) mass is 295 g/mol. The highest BCUT2D eigenvalue weighted by Crippen LogP contribution is 2.37. The smallest absolute Gasteiger partial charge is 0.0934 e. The Morgan fingerprint density at radius 2 is 2.21 bits per heavy atom. The maximum atomic E-state index is 6.15. The number of rotatable bonds is 4. The van der Waals surface area contributed by atoms with Gasteiger partial charge in [-0.25, -0.2) is 0 Å². The van der Waals surface area contributed by atoms with Crippen molar-refractivity contribution in [2.75, 3.05) is 6.54 Å². The number of fused-ring (bicyclic) bond motifs is 1. The highest BCUT2D eigenvalue weighted by Gasteiger charge is 2.22. The molecule has 104 valence electrons. The molecule has 3 heteroatoms. The summed E-state index contributed by atoms with van der Waals surface area (Å²) in [5, 5.41) is 3.75. The molecule has 0 saturated heterocycles. The number of allylic oxidation sites excluding steroid dienone is 1. The normalized spacial score (nSPS) is 23.0. The zero-order chi connectivity index (χ0) is 13.1. The summed E-state index contributed by atoms with van der Waals surface area (Å²) in [7, 11) is 0. The number of hydrogen-bond donors (Lipinski definition) is 1. The van der Waals surface area contributed by atoms with Crippen LogP contribution in [0.4, 0.5) is 0 Å². The molecule has 1 aromatic rings. The first kappa shape index (κ1) is 13.7. The molecule has 3 rings (SSSR count). The van der Waals surface area contributed by atoms with Crippen LogP contribution in [0.25, 0.3) is 0 Å². The van der Waals surface area contributed by atoms with Gasteiger partial charge in [0, 0.05) is 10.9 Å². The second-order valence-corrected chi connectivity index (χ2v) is 7.45. The molecule has 2 aliphatic carbocycles. The third-order valence-electron chi connectivity index (χ3n) is 4.31. The predicted octanol–water partition coefficient (Wildman–Crippen LogP) is 5.26. The fourth-order valence-electron chi connectivity index (χ4n) is 3.27. The first-order chi connectivity index (χ1) is 9.33. The van der Waals surface area contributed by atoms with E-state index in [1.54, 1.807) is 16.9 Å². The molecule has 1 N–H and O–H groups in total. The Balaban J connectivity index is 1.54. The van der Waals surface area contributed by atoms with Crippen molar-refractivity contribution in [1.82, 2.24) is 5.32 Å². The molecule has 0 radical (unpaired) electrons. The molecule has 0 amide bonds. The molecule has 2 aliphatic rings. The van der Waals surface area contributed by atoms with Crippen molar-refractivity contribution in [3.8, 4) is 0 Å². The summed E-state index contributed by atoms with van der Waals surface area (Å²) in [6.45, 7) is 1.11. The van der Waals surface area contributed by atoms with Gasteiger partial charge < -0.3 is 5.32 Å². The average molecular weight is 296 g/mol. The molecule has 19 heavy (non-hydrogen) atoms. The van der Waals surface area contributed by atoms with E-state index in [0.29, 0.717) is 6.04 Å². The Morgan fingerprint density at radius 3 is 3.05 bits per heavy atom. The second kappa shape index (κ2) is 6.43. The molecular formula is C16H22ClNS. The maximum Gasteiger partial charge on any atom is 0.0934 e. The number of nitrogens with one attached hydrogen (secondary N) is 1. The standard InChI is InChI=1S/C16H22ClNS/c17-16-11-13-14(7-4-8-15(13)19-16)18-10-9-12-5-2-1-3-6-12/h5,11,14,18H,1-4,6-10H2. The third-order valence-corrected chi connectivity index (χ3v) is 5.65. The molecule has 1 nitrogen and oxygen atoms in total. The summed E-state index contributed by atoms with van der Waals surface area (Å²) in [4.78, 5) is 1.51. The minimum Gasteiger partial charge on any atom is -0.310 e. The Bertz CT molecular complexity index is 463. The molecule has 0 saturated carbocycles. The molecular weight excluding hydrogens is 274 g/mol. The average Bonchev–Trinajstić information content (AvgIpc) is 2.81. The van der Waals surface area contributed by atoms with Gasteiger partial charge in [-0.1, -0.05) is 23.3 Å². The van der Waals surface area contributed by atoms with Crippen molar-refractivity contribution in [3.63, 3.8) is 0 Å². The van der Waals surface area contributed by atoms with Gasteiger partial charge in [0.2, 0.25) is 0 Å². The van der Waals surface area contributed by atoms with E-state index in [4.69, 9.17) is 11.6 Å². The van der Waals surface area contributed by atoms with E-state index < -0.39 is 0 Å². The molecule has 1 heterocycles. The van der Waals surface area contributed by atoms with E-state index in [1.165, 1.54) is 61.8 Å². The lowest BCUT2D eigenvalue weighted by atomic mass is 9.93. The van der Waals surface area contributed by atoms with Crippen molar-refractivity contribution in [3.05, 3.63) is 32.5 Å². The third kappa shape index (κ3) is 3.42. The largest absolute Gasteiger partial charge is 0.310 e. The van der Waals surface area contributed by atoms with Crippen LogP contribution in [0.3, 0.4) is 0 Å². The minimum absolute atomic E-state index is 0.539. The lowest BCUT2D eigenvalue weighted by molar-refractivity contribution is 0.463. The Morgan fingerprint density at radius 1 is 1.26 bits per heavy atom. The van der Waals surface area contributed by atoms with E-state index in [2.05, 4.69) is 17.5 Å². The molecule has 1 aromatic heterocycles. The molecule has 1 atom stereocenters. The highest BCUT2D eigenvalue weighted by molar-refractivity contribution is 7.16. The van der Waals surface area contributed by atoms with Gasteiger partial charge in [0.15, 0.2) is 0 Å². The Kier molecular flexibility index (Phi) is 4.62. The summed E-state index contributed by atoms with van der Waals surface area (Å²) in [6.07, 6.45) is 12.8. The van der Waals surface area contributed by atoms with Crippen molar-refractivity contribution in [2.24, 2.45) is 0 Å². The topological polar surface area (TPSA) is 12.0 Å². The summed E-state index contributed by atoms with van der Waals surface area (Å²) >= 11 is 7.92. The summed E-state index contributed by atoms with van der Waals surface area (Å²) in [6, 6.07) is 2.72. The van der Waals surface area contributed by atoms with E-state index in [1.807, 2.05) is 0 Å². The van der Waals surface area contributed by atoms with Crippen LogP contribution in [0.15, 0.2) is 17.7 Å². The van der Waals surface area contributed by atoms with E-state index >= 15 is 0 Å². The predicted molar refractivity (Wildman–Crippen MR) is 84.2 cm³/mol. The van der Waals surface area contributed by atoms with Gasteiger partial charge in [0.25, 0.3) is 0 Å². The molecule has 0 aromatic carbocycles. The SMILES string of the molecule is Clc1cc2c(s1)CCCC2NCCC1=CCCCC1. The molecule has 0 aliphatic heterocycles. The van der Waals surface area contributed by atoms with Crippen LogP contribution in [0.1, 0.15) is 61.4 Å². The van der Waals surface area contributed by atoms with Gasteiger partial charge in [-0.05, 0) is 69.5 Å². The minimum atomic E-state index is 0.539. The zero-order valence-electron chi connectivity index (χ0n) is 11.4. The van der Waals surface area contributed by atoms with E-state index in [9.17, 15) is 0 Å². The molecule has 1 unspecified atom stereocenters.